The highest BCUT2D eigenvalue weighted by molar-refractivity contribution is 9.10. The van der Waals surface area contributed by atoms with Crippen LogP contribution in [0.5, 0.6) is 0 Å². The van der Waals surface area contributed by atoms with Crippen molar-refractivity contribution in [2.24, 2.45) is 5.92 Å². The highest BCUT2D eigenvalue weighted by atomic mass is 79.9. The number of halogens is 2. The van der Waals surface area contributed by atoms with Crippen LogP contribution in [0.15, 0.2) is 22.7 Å². The van der Waals surface area contributed by atoms with E-state index >= 15 is 0 Å². The molecule has 1 saturated heterocycles. The van der Waals surface area contributed by atoms with Gasteiger partial charge in [-0.2, -0.15) is 0 Å². The van der Waals surface area contributed by atoms with E-state index in [-0.39, 0.29) is 24.3 Å². The van der Waals surface area contributed by atoms with Crippen LogP contribution in [0.3, 0.4) is 0 Å². The molecule has 1 aliphatic heterocycles. The largest absolute Gasteiger partial charge is 0.444 e. The summed E-state index contributed by atoms with van der Waals surface area (Å²) in [7, 11) is 0. The lowest BCUT2D eigenvalue weighted by Crippen LogP contribution is -2.47. The normalized spacial score (nSPS) is 17.4. The van der Waals surface area contributed by atoms with Crippen LogP contribution in [0.25, 0.3) is 0 Å². The Balaban J connectivity index is 1.79. The molecule has 6 nitrogen and oxygen atoms in total. The van der Waals surface area contributed by atoms with Crippen LogP contribution in [-0.2, 0) is 11.3 Å². The third-order valence-electron chi connectivity index (χ3n) is 4.11. The minimum Gasteiger partial charge on any atom is -0.444 e. The van der Waals surface area contributed by atoms with Gasteiger partial charge in [0.1, 0.15) is 11.4 Å². The summed E-state index contributed by atoms with van der Waals surface area (Å²) in [4.78, 5) is 25.9. The number of carbonyl (C=O) groups is 2. The molecule has 1 unspecified atom stereocenters. The van der Waals surface area contributed by atoms with Crippen molar-refractivity contribution in [3.8, 4) is 0 Å². The Morgan fingerprint density at radius 2 is 2.04 bits per heavy atom. The van der Waals surface area contributed by atoms with Crippen molar-refractivity contribution in [2.45, 2.75) is 45.8 Å². The van der Waals surface area contributed by atoms with Crippen molar-refractivity contribution in [3.05, 3.63) is 34.1 Å². The summed E-state index contributed by atoms with van der Waals surface area (Å²) in [5, 5.41) is 5.60. The van der Waals surface area contributed by atoms with Crippen LogP contribution in [0, 0.1) is 11.7 Å². The molecule has 2 N–H and O–H groups in total. The maximum absolute atomic E-state index is 13.4. The van der Waals surface area contributed by atoms with Gasteiger partial charge in [-0.05, 0) is 63.3 Å². The number of benzene rings is 1. The minimum absolute atomic E-state index is 0.181. The Labute approximate surface area is 167 Å². The van der Waals surface area contributed by atoms with Gasteiger partial charge in [-0.25, -0.2) is 14.0 Å². The van der Waals surface area contributed by atoms with Gasteiger partial charge in [0.2, 0.25) is 0 Å². The lowest BCUT2D eigenvalue weighted by Gasteiger charge is -2.33. The fourth-order valence-electron chi connectivity index (χ4n) is 2.96. The number of nitrogens with one attached hydrogen (secondary N) is 2. The van der Waals surface area contributed by atoms with Crippen LogP contribution in [0.4, 0.5) is 14.0 Å². The van der Waals surface area contributed by atoms with Gasteiger partial charge < -0.3 is 20.3 Å². The number of amides is 3. The topological polar surface area (TPSA) is 70.7 Å². The van der Waals surface area contributed by atoms with Gasteiger partial charge in [-0.3, -0.25) is 0 Å². The fraction of sp³-hybridized carbons (Fsp3) is 0.579. The Morgan fingerprint density at radius 1 is 1.30 bits per heavy atom. The average molecular weight is 444 g/mol. The van der Waals surface area contributed by atoms with Crippen LogP contribution < -0.4 is 10.6 Å². The third-order valence-corrected chi connectivity index (χ3v) is 4.56. The summed E-state index contributed by atoms with van der Waals surface area (Å²) in [5.41, 5.74) is 0.157. The molecule has 150 valence electrons. The number of urea groups is 1. The van der Waals surface area contributed by atoms with Gasteiger partial charge in [-0.1, -0.05) is 15.9 Å². The van der Waals surface area contributed by atoms with Crippen molar-refractivity contribution in [1.29, 1.82) is 0 Å². The summed E-state index contributed by atoms with van der Waals surface area (Å²) in [6, 6.07) is 4.36. The number of nitrogens with zero attached hydrogens (tertiary/aromatic N) is 1. The second-order valence-corrected chi connectivity index (χ2v) is 8.69. The van der Waals surface area contributed by atoms with Gasteiger partial charge in [0.25, 0.3) is 0 Å². The van der Waals surface area contributed by atoms with Crippen molar-refractivity contribution >= 4 is 28.1 Å². The molecule has 1 heterocycles. The molecule has 2 rings (SSSR count). The molecule has 0 aromatic heterocycles. The Kier molecular flexibility index (Phi) is 7.47. The maximum Gasteiger partial charge on any atom is 0.407 e. The van der Waals surface area contributed by atoms with Crippen LogP contribution >= 0.6 is 15.9 Å². The van der Waals surface area contributed by atoms with Crippen LogP contribution in [-0.4, -0.2) is 42.3 Å². The number of likely N-dealkylation sites (tertiary alicyclic amines) is 1. The zero-order valence-electron chi connectivity index (χ0n) is 16.0. The molecule has 1 fully saturated rings. The fourth-order valence-corrected chi connectivity index (χ4v) is 3.47. The molecule has 0 bridgehead atoms. The molecule has 27 heavy (non-hydrogen) atoms. The molecule has 8 heteroatoms. The van der Waals surface area contributed by atoms with E-state index in [1.54, 1.807) is 11.0 Å². The zero-order chi connectivity index (χ0) is 20.0. The number of hydrogen-bond acceptors (Lipinski definition) is 3. The second kappa shape index (κ2) is 9.39. The molecule has 0 saturated carbocycles. The Bertz CT molecular complexity index is 658. The molecular formula is C19H27BrFN3O3. The van der Waals surface area contributed by atoms with Crippen molar-refractivity contribution in [1.82, 2.24) is 15.5 Å². The lowest BCUT2D eigenvalue weighted by atomic mass is 9.98. The lowest BCUT2D eigenvalue weighted by molar-refractivity contribution is 0.0511. The van der Waals surface area contributed by atoms with Gasteiger partial charge in [0, 0.05) is 30.7 Å². The SMILES string of the molecule is CC(C)(C)OC(=O)NCC1CCCN(C(=O)NCc2cc(F)cc(Br)c2)C1. The van der Waals surface area contributed by atoms with Gasteiger partial charge in [-0.15, -0.1) is 0 Å². The first-order valence-corrected chi connectivity index (χ1v) is 9.86. The van der Waals surface area contributed by atoms with E-state index < -0.39 is 11.7 Å². The van der Waals surface area contributed by atoms with Gasteiger partial charge >= 0.3 is 12.1 Å². The smallest absolute Gasteiger partial charge is 0.407 e. The van der Waals surface area contributed by atoms with Crippen LogP contribution in [0.1, 0.15) is 39.2 Å². The van der Waals surface area contributed by atoms with E-state index in [1.165, 1.54) is 12.1 Å². The third kappa shape index (κ3) is 7.74. The van der Waals surface area contributed by atoms with E-state index in [2.05, 4.69) is 26.6 Å². The summed E-state index contributed by atoms with van der Waals surface area (Å²) >= 11 is 3.24. The van der Waals surface area contributed by atoms with E-state index in [0.29, 0.717) is 29.7 Å². The zero-order valence-corrected chi connectivity index (χ0v) is 17.6. The maximum atomic E-state index is 13.4. The average Bonchev–Trinajstić information content (AvgIpc) is 2.56. The first kappa shape index (κ1) is 21.5. The summed E-state index contributed by atoms with van der Waals surface area (Å²) in [6.45, 7) is 7.40. The Morgan fingerprint density at radius 3 is 2.70 bits per heavy atom. The van der Waals surface area contributed by atoms with Crippen molar-refractivity contribution in [3.63, 3.8) is 0 Å². The number of piperidine rings is 1. The van der Waals surface area contributed by atoms with E-state index in [9.17, 15) is 14.0 Å². The van der Waals surface area contributed by atoms with Gasteiger partial charge in [0.15, 0.2) is 0 Å². The predicted molar refractivity (Wildman–Crippen MR) is 105 cm³/mol. The minimum atomic E-state index is -0.533. The van der Waals surface area contributed by atoms with E-state index in [1.807, 2.05) is 20.8 Å². The molecule has 0 aliphatic carbocycles. The predicted octanol–water partition coefficient (Wildman–Crippen LogP) is 4.03. The molecule has 3 amide bonds. The number of rotatable bonds is 4. The Hall–Kier alpha value is -1.83. The quantitative estimate of drug-likeness (QED) is 0.737. The molecule has 0 radical (unpaired) electrons. The van der Waals surface area contributed by atoms with Crippen molar-refractivity contribution in [2.75, 3.05) is 19.6 Å². The second-order valence-electron chi connectivity index (χ2n) is 7.77. The summed E-state index contributed by atoms with van der Waals surface area (Å²) in [6.07, 6.45) is 1.37. The van der Waals surface area contributed by atoms with E-state index in [4.69, 9.17) is 4.74 Å². The van der Waals surface area contributed by atoms with Crippen molar-refractivity contribution < 1.29 is 18.7 Å². The molecular weight excluding hydrogens is 417 g/mol. The molecule has 1 aliphatic rings. The first-order valence-electron chi connectivity index (χ1n) is 9.07. The van der Waals surface area contributed by atoms with Gasteiger partial charge in [0.05, 0.1) is 0 Å². The van der Waals surface area contributed by atoms with E-state index in [0.717, 1.165) is 12.8 Å². The highest BCUT2D eigenvalue weighted by Gasteiger charge is 2.24. The highest BCUT2D eigenvalue weighted by Crippen LogP contribution is 2.17. The standard InChI is InChI=1S/C19H27BrFN3O3/c1-19(2,3)27-18(26)23-10-13-5-4-6-24(12-13)17(25)22-11-14-7-15(20)9-16(21)8-14/h7-9,13H,4-6,10-12H2,1-3H3,(H,22,25)(H,23,26). The molecule has 1 atom stereocenters. The monoisotopic (exact) mass is 443 g/mol. The van der Waals surface area contributed by atoms with Crippen LogP contribution in [0.2, 0.25) is 0 Å². The summed E-state index contributed by atoms with van der Waals surface area (Å²) in [5.74, 6) is -0.166. The first-order chi connectivity index (χ1) is 12.6. The molecule has 0 spiro atoms. The number of carbonyl (C=O) groups excluding carboxylic acids is 2. The number of hydrogen-bond donors (Lipinski definition) is 2. The number of ether oxygens (including phenoxy) is 1. The number of alkyl carbamates (subject to hydrolysis) is 1. The molecule has 1 aromatic carbocycles. The summed E-state index contributed by atoms with van der Waals surface area (Å²) < 4.78 is 19.3. The molecule has 1 aromatic rings.